The fourth-order valence-corrected chi connectivity index (χ4v) is 2.93. The maximum Gasteiger partial charge on any atom is 0.0841 e. The van der Waals surface area contributed by atoms with E-state index in [1.165, 1.54) is 4.88 Å². The van der Waals surface area contributed by atoms with Crippen LogP contribution in [-0.4, -0.2) is 5.11 Å². The average molecular weight is 297 g/mol. The molecule has 0 saturated carbocycles. The van der Waals surface area contributed by atoms with Crippen molar-refractivity contribution in [3.8, 4) is 0 Å². The van der Waals surface area contributed by atoms with E-state index in [0.29, 0.717) is 6.42 Å². The van der Waals surface area contributed by atoms with Gasteiger partial charge in [-0.05, 0) is 35.6 Å². The summed E-state index contributed by atoms with van der Waals surface area (Å²) in [6.45, 7) is 2.04. The molecule has 0 saturated heterocycles. The van der Waals surface area contributed by atoms with Crippen molar-refractivity contribution in [3.63, 3.8) is 0 Å². The van der Waals surface area contributed by atoms with Crippen molar-refractivity contribution in [2.24, 2.45) is 0 Å². The smallest absolute Gasteiger partial charge is 0.0841 e. The van der Waals surface area contributed by atoms with Crippen LogP contribution in [0.15, 0.2) is 40.2 Å². The number of hydrogen-bond acceptors (Lipinski definition) is 2. The highest BCUT2D eigenvalue weighted by Crippen LogP contribution is 2.27. The summed E-state index contributed by atoms with van der Waals surface area (Å²) in [5, 5.41) is 12.2. The molecule has 1 aromatic heterocycles. The fraction of sp³-hybridized carbons (Fsp3) is 0.231. The van der Waals surface area contributed by atoms with Crippen molar-refractivity contribution in [1.29, 1.82) is 0 Å². The molecule has 1 aromatic carbocycles. The lowest BCUT2D eigenvalue weighted by Crippen LogP contribution is -2.02. The molecule has 0 aliphatic rings. The number of thiophene rings is 1. The molecule has 16 heavy (non-hydrogen) atoms. The number of aliphatic hydroxyl groups is 1. The Morgan fingerprint density at radius 1 is 1.31 bits per heavy atom. The van der Waals surface area contributed by atoms with Gasteiger partial charge in [-0.2, -0.15) is 0 Å². The van der Waals surface area contributed by atoms with Crippen molar-refractivity contribution >= 4 is 27.3 Å². The van der Waals surface area contributed by atoms with Gasteiger partial charge in [-0.15, -0.1) is 11.3 Å². The molecule has 84 valence electrons. The van der Waals surface area contributed by atoms with Gasteiger partial charge in [0.25, 0.3) is 0 Å². The Bertz CT molecular complexity index is 478. The highest BCUT2D eigenvalue weighted by Gasteiger charge is 2.13. The first-order chi connectivity index (χ1) is 7.68. The van der Waals surface area contributed by atoms with E-state index in [4.69, 9.17) is 0 Å². The standard InChI is InChI=1S/C13H13BrOS/c1-9-11(6-7-16-9)13(15)8-10-4-2-3-5-12(10)14/h2-7,13,15H,8H2,1H3. The predicted molar refractivity (Wildman–Crippen MR) is 71.9 cm³/mol. The van der Waals surface area contributed by atoms with Gasteiger partial charge >= 0.3 is 0 Å². The third-order valence-electron chi connectivity index (χ3n) is 2.63. The Labute approximate surface area is 108 Å². The normalized spacial score (nSPS) is 12.7. The summed E-state index contributed by atoms with van der Waals surface area (Å²) in [5.41, 5.74) is 2.18. The zero-order valence-electron chi connectivity index (χ0n) is 8.98. The molecule has 1 N–H and O–H groups in total. The van der Waals surface area contributed by atoms with E-state index in [2.05, 4.69) is 15.9 Å². The van der Waals surface area contributed by atoms with Crippen LogP contribution in [0.2, 0.25) is 0 Å². The first-order valence-corrected chi connectivity index (χ1v) is 6.81. The lowest BCUT2D eigenvalue weighted by molar-refractivity contribution is 0.178. The molecule has 0 aliphatic heterocycles. The van der Waals surface area contributed by atoms with Crippen LogP contribution < -0.4 is 0 Å². The summed E-state index contributed by atoms with van der Waals surface area (Å²) in [6, 6.07) is 10.0. The Morgan fingerprint density at radius 3 is 2.69 bits per heavy atom. The van der Waals surface area contributed by atoms with Gasteiger partial charge in [0, 0.05) is 15.8 Å². The third kappa shape index (κ3) is 2.54. The Kier molecular flexibility index (Phi) is 3.79. The van der Waals surface area contributed by atoms with Crippen LogP contribution in [0.1, 0.15) is 22.1 Å². The molecule has 2 aromatic rings. The summed E-state index contributed by atoms with van der Waals surface area (Å²) in [6.07, 6.45) is 0.240. The SMILES string of the molecule is Cc1sccc1C(O)Cc1ccccc1Br. The lowest BCUT2D eigenvalue weighted by atomic mass is 10.0. The van der Waals surface area contributed by atoms with Crippen LogP contribution in [0.25, 0.3) is 0 Å². The molecular formula is C13H13BrOS. The fourth-order valence-electron chi connectivity index (χ4n) is 1.72. The van der Waals surface area contributed by atoms with E-state index in [0.717, 1.165) is 15.6 Å². The van der Waals surface area contributed by atoms with Gasteiger partial charge in [0.1, 0.15) is 0 Å². The molecule has 0 amide bonds. The minimum atomic E-state index is -0.412. The largest absolute Gasteiger partial charge is 0.388 e. The van der Waals surface area contributed by atoms with E-state index in [1.807, 2.05) is 42.6 Å². The summed E-state index contributed by atoms with van der Waals surface area (Å²) < 4.78 is 1.06. The number of benzene rings is 1. The maximum absolute atomic E-state index is 10.2. The van der Waals surface area contributed by atoms with E-state index in [9.17, 15) is 5.11 Å². The second kappa shape index (κ2) is 5.13. The summed E-state index contributed by atoms with van der Waals surface area (Å²) >= 11 is 5.17. The van der Waals surface area contributed by atoms with Crippen LogP contribution in [0.5, 0.6) is 0 Å². The molecular weight excluding hydrogens is 284 g/mol. The molecule has 0 fully saturated rings. The predicted octanol–water partition coefficient (Wildman–Crippen LogP) is 4.10. The average Bonchev–Trinajstić information content (AvgIpc) is 2.68. The molecule has 3 heteroatoms. The molecule has 1 nitrogen and oxygen atoms in total. The molecule has 0 radical (unpaired) electrons. The maximum atomic E-state index is 10.2. The van der Waals surface area contributed by atoms with Crippen LogP contribution >= 0.6 is 27.3 Å². The van der Waals surface area contributed by atoms with Crippen molar-refractivity contribution in [3.05, 3.63) is 56.2 Å². The minimum Gasteiger partial charge on any atom is -0.388 e. The molecule has 1 heterocycles. The third-order valence-corrected chi connectivity index (χ3v) is 4.26. The lowest BCUT2D eigenvalue weighted by Gasteiger charge is -2.11. The minimum absolute atomic E-state index is 0.412. The summed E-state index contributed by atoms with van der Waals surface area (Å²) in [5.74, 6) is 0. The highest BCUT2D eigenvalue weighted by molar-refractivity contribution is 9.10. The van der Waals surface area contributed by atoms with Gasteiger partial charge in [0.2, 0.25) is 0 Å². The van der Waals surface area contributed by atoms with Crippen molar-refractivity contribution in [2.75, 3.05) is 0 Å². The van der Waals surface area contributed by atoms with Gasteiger partial charge in [0.05, 0.1) is 6.10 Å². The van der Waals surface area contributed by atoms with E-state index in [1.54, 1.807) is 11.3 Å². The monoisotopic (exact) mass is 296 g/mol. The first kappa shape index (κ1) is 11.8. The highest BCUT2D eigenvalue weighted by atomic mass is 79.9. The zero-order chi connectivity index (χ0) is 11.5. The summed E-state index contributed by atoms with van der Waals surface area (Å²) in [7, 11) is 0. The second-order valence-electron chi connectivity index (χ2n) is 3.74. The van der Waals surface area contributed by atoms with Crippen LogP contribution in [0, 0.1) is 6.92 Å². The van der Waals surface area contributed by atoms with Crippen molar-refractivity contribution in [2.45, 2.75) is 19.4 Å². The molecule has 0 bridgehead atoms. The van der Waals surface area contributed by atoms with Gasteiger partial charge in [-0.1, -0.05) is 34.1 Å². The molecule has 0 aliphatic carbocycles. The van der Waals surface area contributed by atoms with E-state index >= 15 is 0 Å². The van der Waals surface area contributed by atoms with E-state index < -0.39 is 6.10 Å². The van der Waals surface area contributed by atoms with Crippen LogP contribution in [-0.2, 0) is 6.42 Å². The number of rotatable bonds is 3. The van der Waals surface area contributed by atoms with Gasteiger partial charge in [-0.25, -0.2) is 0 Å². The number of aliphatic hydroxyl groups excluding tert-OH is 1. The Morgan fingerprint density at radius 2 is 2.06 bits per heavy atom. The zero-order valence-corrected chi connectivity index (χ0v) is 11.4. The quantitative estimate of drug-likeness (QED) is 0.904. The molecule has 1 atom stereocenters. The molecule has 1 unspecified atom stereocenters. The van der Waals surface area contributed by atoms with Crippen LogP contribution in [0.3, 0.4) is 0 Å². The van der Waals surface area contributed by atoms with Crippen molar-refractivity contribution in [1.82, 2.24) is 0 Å². The second-order valence-corrected chi connectivity index (χ2v) is 5.72. The number of halogens is 1. The Hall–Kier alpha value is -0.640. The molecule has 0 spiro atoms. The van der Waals surface area contributed by atoms with E-state index in [-0.39, 0.29) is 0 Å². The van der Waals surface area contributed by atoms with Crippen molar-refractivity contribution < 1.29 is 5.11 Å². The van der Waals surface area contributed by atoms with Gasteiger partial charge < -0.3 is 5.11 Å². The summed E-state index contributed by atoms with van der Waals surface area (Å²) in [4.78, 5) is 1.19. The number of hydrogen-bond donors (Lipinski definition) is 1. The van der Waals surface area contributed by atoms with Gasteiger partial charge in [-0.3, -0.25) is 0 Å². The Balaban J connectivity index is 2.17. The molecule has 2 rings (SSSR count). The first-order valence-electron chi connectivity index (χ1n) is 5.14. The number of aryl methyl sites for hydroxylation is 1. The van der Waals surface area contributed by atoms with Gasteiger partial charge in [0.15, 0.2) is 0 Å². The topological polar surface area (TPSA) is 20.2 Å². The van der Waals surface area contributed by atoms with Crippen LogP contribution in [0.4, 0.5) is 0 Å².